The molecule has 0 radical (unpaired) electrons. The van der Waals surface area contributed by atoms with Crippen molar-refractivity contribution < 1.29 is 0 Å². The molecule has 1 heterocycles. The predicted octanol–water partition coefficient (Wildman–Crippen LogP) is 3.00. The second-order valence-corrected chi connectivity index (χ2v) is 4.81. The van der Waals surface area contributed by atoms with Crippen molar-refractivity contribution in [2.75, 3.05) is 5.32 Å². The summed E-state index contributed by atoms with van der Waals surface area (Å²) in [6, 6.07) is 7.49. The van der Waals surface area contributed by atoms with E-state index < -0.39 is 0 Å². The average molecular weight is 276 g/mol. The van der Waals surface area contributed by atoms with Crippen molar-refractivity contribution in [1.29, 1.82) is 5.26 Å². The first kappa shape index (κ1) is 13.4. The van der Waals surface area contributed by atoms with Crippen molar-refractivity contribution in [2.24, 2.45) is 0 Å². The van der Waals surface area contributed by atoms with Crippen molar-refractivity contribution in [3.8, 4) is 6.07 Å². The zero-order valence-electron chi connectivity index (χ0n) is 10.8. The minimum Gasteiger partial charge on any atom is -0.377 e. The Labute approximate surface area is 116 Å². The summed E-state index contributed by atoms with van der Waals surface area (Å²) in [6.45, 7) is 4.57. The average Bonchev–Trinajstić information content (AvgIpc) is 2.85. The lowest BCUT2D eigenvalue weighted by molar-refractivity contribution is 0.509. The Morgan fingerprint density at radius 3 is 2.95 bits per heavy atom. The van der Waals surface area contributed by atoms with Crippen LogP contribution in [0.2, 0.25) is 5.02 Å². The largest absolute Gasteiger partial charge is 0.377 e. The summed E-state index contributed by atoms with van der Waals surface area (Å²) in [7, 11) is 0. The molecule has 0 aliphatic carbocycles. The van der Waals surface area contributed by atoms with Crippen LogP contribution in [0, 0.1) is 11.3 Å². The molecule has 0 fully saturated rings. The summed E-state index contributed by atoms with van der Waals surface area (Å²) in [6.07, 6.45) is 1.53. The molecule has 0 saturated heterocycles. The third kappa shape index (κ3) is 3.04. The predicted molar refractivity (Wildman–Crippen MR) is 73.9 cm³/mol. The first-order valence-corrected chi connectivity index (χ1v) is 6.31. The highest BCUT2D eigenvalue weighted by Gasteiger charge is 2.08. The molecule has 1 aromatic heterocycles. The lowest BCUT2D eigenvalue weighted by Crippen LogP contribution is -2.12. The number of halogens is 1. The van der Waals surface area contributed by atoms with E-state index in [4.69, 9.17) is 16.9 Å². The number of hydrogen-bond donors (Lipinski definition) is 1. The van der Waals surface area contributed by atoms with E-state index in [2.05, 4.69) is 21.5 Å². The van der Waals surface area contributed by atoms with Crippen LogP contribution in [-0.4, -0.2) is 14.8 Å². The molecule has 0 unspecified atom stereocenters. The van der Waals surface area contributed by atoms with Gasteiger partial charge in [-0.25, -0.2) is 9.67 Å². The van der Waals surface area contributed by atoms with Gasteiger partial charge < -0.3 is 5.32 Å². The second kappa shape index (κ2) is 5.72. The van der Waals surface area contributed by atoms with E-state index in [1.165, 1.54) is 6.33 Å². The quantitative estimate of drug-likeness (QED) is 0.931. The lowest BCUT2D eigenvalue weighted by atomic mass is 10.2. The van der Waals surface area contributed by atoms with Crippen LogP contribution in [0.25, 0.3) is 0 Å². The van der Waals surface area contributed by atoms with Crippen molar-refractivity contribution in [3.05, 3.63) is 40.9 Å². The van der Waals surface area contributed by atoms with E-state index in [9.17, 15) is 0 Å². The summed E-state index contributed by atoms with van der Waals surface area (Å²) in [5.74, 6) is 0.818. The fourth-order valence-corrected chi connectivity index (χ4v) is 1.94. The van der Waals surface area contributed by atoms with Gasteiger partial charge in [0.05, 0.1) is 17.8 Å². The molecule has 0 atom stereocenters. The molecule has 1 aromatic carbocycles. The van der Waals surface area contributed by atoms with E-state index >= 15 is 0 Å². The highest BCUT2D eigenvalue weighted by atomic mass is 35.5. The standard InChI is InChI=1S/C13H14ClN5/c1-9(2)19-13(17-8-18-19)7-16-12-5-11(14)4-3-10(12)6-15/h3-5,8-9,16H,7H2,1-2H3. The molecule has 98 valence electrons. The fraction of sp³-hybridized carbons (Fsp3) is 0.308. The van der Waals surface area contributed by atoms with Gasteiger partial charge in [-0.1, -0.05) is 11.6 Å². The molecule has 0 amide bonds. The van der Waals surface area contributed by atoms with Crippen molar-refractivity contribution >= 4 is 17.3 Å². The van der Waals surface area contributed by atoms with Gasteiger partial charge in [-0.05, 0) is 32.0 Å². The van der Waals surface area contributed by atoms with Gasteiger partial charge in [0.2, 0.25) is 0 Å². The van der Waals surface area contributed by atoms with Gasteiger partial charge in [0.1, 0.15) is 18.2 Å². The molecule has 0 saturated carbocycles. The van der Waals surface area contributed by atoms with Crippen LogP contribution in [0.4, 0.5) is 5.69 Å². The Kier molecular flexibility index (Phi) is 4.03. The van der Waals surface area contributed by atoms with Gasteiger partial charge in [-0.2, -0.15) is 10.4 Å². The summed E-state index contributed by atoms with van der Waals surface area (Å²) < 4.78 is 1.84. The minimum absolute atomic E-state index is 0.245. The first-order chi connectivity index (χ1) is 9.11. The third-order valence-electron chi connectivity index (χ3n) is 2.68. The summed E-state index contributed by atoms with van der Waals surface area (Å²) in [5.41, 5.74) is 1.26. The zero-order chi connectivity index (χ0) is 13.8. The zero-order valence-corrected chi connectivity index (χ0v) is 11.5. The Balaban J connectivity index is 2.17. The first-order valence-electron chi connectivity index (χ1n) is 5.93. The van der Waals surface area contributed by atoms with E-state index in [0.717, 1.165) is 5.82 Å². The van der Waals surface area contributed by atoms with Crippen molar-refractivity contribution in [3.63, 3.8) is 0 Å². The second-order valence-electron chi connectivity index (χ2n) is 4.37. The Morgan fingerprint density at radius 1 is 1.47 bits per heavy atom. The Morgan fingerprint density at radius 2 is 2.26 bits per heavy atom. The van der Waals surface area contributed by atoms with Crippen LogP contribution in [0.1, 0.15) is 31.3 Å². The molecule has 6 heteroatoms. The lowest BCUT2D eigenvalue weighted by Gasteiger charge is -2.11. The maximum atomic E-state index is 9.04. The number of nitrogens with one attached hydrogen (secondary N) is 1. The number of nitriles is 1. The van der Waals surface area contributed by atoms with Crippen LogP contribution in [0.3, 0.4) is 0 Å². The third-order valence-corrected chi connectivity index (χ3v) is 2.91. The number of anilines is 1. The monoisotopic (exact) mass is 275 g/mol. The van der Waals surface area contributed by atoms with Crippen molar-refractivity contribution in [2.45, 2.75) is 26.4 Å². The van der Waals surface area contributed by atoms with Crippen LogP contribution >= 0.6 is 11.6 Å². The van der Waals surface area contributed by atoms with E-state index in [1.54, 1.807) is 18.2 Å². The maximum Gasteiger partial charge on any atom is 0.146 e. The smallest absolute Gasteiger partial charge is 0.146 e. The number of rotatable bonds is 4. The molecule has 5 nitrogen and oxygen atoms in total. The van der Waals surface area contributed by atoms with E-state index in [1.807, 2.05) is 18.5 Å². The van der Waals surface area contributed by atoms with Crippen LogP contribution in [0.15, 0.2) is 24.5 Å². The molecule has 19 heavy (non-hydrogen) atoms. The van der Waals surface area contributed by atoms with Gasteiger partial charge in [0.25, 0.3) is 0 Å². The topological polar surface area (TPSA) is 66.5 Å². The molecule has 0 spiro atoms. The van der Waals surface area contributed by atoms with E-state index in [0.29, 0.717) is 22.8 Å². The summed E-state index contributed by atoms with van der Waals surface area (Å²) >= 11 is 5.93. The van der Waals surface area contributed by atoms with Crippen molar-refractivity contribution in [1.82, 2.24) is 14.8 Å². The normalized spacial score (nSPS) is 10.5. The number of nitrogens with zero attached hydrogens (tertiary/aromatic N) is 4. The molecular formula is C13H14ClN5. The summed E-state index contributed by atoms with van der Waals surface area (Å²) in [4.78, 5) is 4.20. The maximum absolute atomic E-state index is 9.04. The highest BCUT2D eigenvalue weighted by Crippen LogP contribution is 2.21. The number of hydrogen-bond acceptors (Lipinski definition) is 4. The van der Waals surface area contributed by atoms with Gasteiger partial charge in [0, 0.05) is 11.1 Å². The van der Waals surface area contributed by atoms with Gasteiger partial charge in [0.15, 0.2) is 0 Å². The minimum atomic E-state index is 0.245. The molecule has 2 rings (SSSR count). The highest BCUT2D eigenvalue weighted by molar-refractivity contribution is 6.30. The van der Waals surface area contributed by atoms with Crippen LogP contribution < -0.4 is 5.32 Å². The summed E-state index contributed by atoms with van der Waals surface area (Å²) in [5, 5.41) is 17.0. The van der Waals surface area contributed by atoms with Gasteiger partial charge >= 0.3 is 0 Å². The Bertz CT molecular complexity index is 612. The molecular weight excluding hydrogens is 262 g/mol. The van der Waals surface area contributed by atoms with Gasteiger partial charge in [-0.3, -0.25) is 0 Å². The van der Waals surface area contributed by atoms with Gasteiger partial charge in [-0.15, -0.1) is 0 Å². The molecule has 0 bridgehead atoms. The Hall–Kier alpha value is -2.06. The molecule has 1 N–H and O–H groups in total. The molecule has 2 aromatic rings. The van der Waals surface area contributed by atoms with Crippen LogP contribution in [0.5, 0.6) is 0 Å². The number of aromatic nitrogens is 3. The van der Waals surface area contributed by atoms with Crippen LogP contribution in [-0.2, 0) is 6.54 Å². The SMILES string of the molecule is CC(C)n1ncnc1CNc1cc(Cl)ccc1C#N. The fourth-order valence-electron chi connectivity index (χ4n) is 1.77. The van der Waals surface area contributed by atoms with E-state index in [-0.39, 0.29) is 6.04 Å². The molecule has 0 aliphatic rings. The number of benzene rings is 1. The molecule has 0 aliphatic heterocycles.